The third-order valence-electron chi connectivity index (χ3n) is 5.16. The third-order valence-corrected chi connectivity index (χ3v) is 5.16. The van der Waals surface area contributed by atoms with Crippen molar-refractivity contribution in [3.05, 3.63) is 41.1 Å². The summed E-state index contributed by atoms with van der Waals surface area (Å²) in [5.41, 5.74) is 8.06. The lowest BCUT2D eigenvalue weighted by atomic mass is 10.0. The van der Waals surface area contributed by atoms with Gasteiger partial charge in [-0.3, -0.25) is 14.6 Å². The number of primary amides is 1. The molecule has 3 atom stereocenters. The number of piperidine rings is 1. The van der Waals surface area contributed by atoms with E-state index in [0.717, 1.165) is 18.4 Å². The Balaban J connectivity index is 1.68. The second kappa shape index (κ2) is 5.55. The largest absolute Gasteiger partial charge is 0.366 e. The molecule has 0 unspecified atom stereocenters. The number of likely N-dealkylation sites (tertiary alicyclic amines) is 1. The van der Waals surface area contributed by atoms with Crippen LogP contribution in [-0.2, 0) is 11.2 Å². The van der Waals surface area contributed by atoms with Gasteiger partial charge in [0.15, 0.2) is 0 Å². The number of amides is 2. The number of nitriles is 1. The second-order valence-electron chi connectivity index (χ2n) is 6.97. The van der Waals surface area contributed by atoms with Crippen LogP contribution in [0, 0.1) is 24.2 Å². The van der Waals surface area contributed by atoms with E-state index in [1.807, 2.05) is 25.1 Å². The molecular weight excluding hydrogens is 316 g/mol. The zero-order valence-electron chi connectivity index (χ0n) is 13.9. The molecule has 1 aromatic heterocycles. The van der Waals surface area contributed by atoms with Gasteiger partial charge in [0.05, 0.1) is 29.3 Å². The molecule has 1 aromatic carbocycles. The van der Waals surface area contributed by atoms with Crippen molar-refractivity contribution in [3.63, 3.8) is 0 Å². The molecule has 4 rings (SSSR count). The van der Waals surface area contributed by atoms with E-state index in [0.29, 0.717) is 28.1 Å². The van der Waals surface area contributed by atoms with E-state index >= 15 is 0 Å². The molecule has 6 nitrogen and oxygen atoms in total. The molecular formula is C19H18N4O2. The van der Waals surface area contributed by atoms with Crippen molar-refractivity contribution in [3.8, 4) is 6.07 Å². The van der Waals surface area contributed by atoms with Crippen LogP contribution in [0.2, 0.25) is 0 Å². The molecule has 1 aliphatic heterocycles. The molecule has 6 heteroatoms. The number of nitrogens with zero attached hydrogens (tertiary/aromatic N) is 3. The van der Waals surface area contributed by atoms with Gasteiger partial charge in [-0.15, -0.1) is 0 Å². The van der Waals surface area contributed by atoms with E-state index in [1.54, 1.807) is 11.0 Å². The number of benzene rings is 1. The Morgan fingerprint density at radius 3 is 2.88 bits per heavy atom. The molecule has 0 radical (unpaired) electrons. The highest BCUT2D eigenvalue weighted by molar-refractivity contribution is 6.05. The topological polar surface area (TPSA) is 100 Å². The minimum Gasteiger partial charge on any atom is -0.366 e. The molecule has 2 aliphatic rings. The lowest BCUT2D eigenvalue weighted by Gasteiger charge is -2.22. The number of rotatable bonds is 3. The highest BCUT2D eigenvalue weighted by Crippen LogP contribution is 2.47. The molecule has 2 heterocycles. The van der Waals surface area contributed by atoms with Crippen LogP contribution in [0.3, 0.4) is 0 Å². The Hall–Kier alpha value is -2.94. The standard InChI is InChI=1S/C19H18N4O2/c1-10-2-3-16-14(4-10)15(19(21)25)7-12(22-16)8-18(24)23-13(9-20)5-11-6-17(11)23/h2-4,7,11,13,17H,5-6,8H2,1H3,(H2,21,25)/t11-,13+,17+/m1/s1. The fraction of sp³-hybridized carbons (Fsp3) is 0.368. The fourth-order valence-corrected chi connectivity index (χ4v) is 3.87. The van der Waals surface area contributed by atoms with Gasteiger partial charge in [-0.25, -0.2) is 0 Å². The zero-order chi connectivity index (χ0) is 17.7. The molecule has 1 saturated heterocycles. The molecule has 2 N–H and O–H groups in total. The van der Waals surface area contributed by atoms with Gasteiger partial charge in [0.25, 0.3) is 0 Å². The first-order chi connectivity index (χ1) is 12.0. The Bertz CT molecular complexity index is 946. The first-order valence-corrected chi connectivity index (χ1v) is 8.39. The van der Waals surface area contributed by atoms with Gasteiger partial charge in [0.2, 0.25) is 11.8 Å². The number of carbonyl (C=O) groups excluding carboxylic acids is 2. The van der Waals surface area contributed by atoms with Crippen molar-refractivity contribution in [1.29, 1.82) is 5.26 Å². The Labute approximate surface area is 145 Å². The predicted octanol–water partition coefficient (Wildman–Crippen LogP) is 1.70. The lowest BCUT2D eigenvalue weighted by molar-refractivity contribution is -0.131. The first kappa shape index (κ1) is 15.6. The number of fused-ring (bicyclic) bond motifs is 2. The zero-order valence-corrected chi connectivity index (χ0v) is 13.9. The van der Waals surface area contributed by atoms with Gasteiger partial charge in [0, 0.05) is 11.4 Å². The Kier molecular flexibility index (Phi) is 3.46. The average Bonchev–Trinajstić information content (AvgIpc) is 3.23. The summed E-state index contributed by atoms with van der Waals surface area (Å²) in [4.78, 5) is 30.8. The van der Waals surface area contributed by atoms with E-state index in [1.165, 1.54) is 0 Å². The molecule has 25 heavy (non-hydrogen) atoms. The summed E-state index contributed by atoms with van der Waals surface area (Å²) in [5, 5.41) is 9.95. The maximum Gasteiger partial charge on any atom is 0.249 e. The van der Waals surface area contributed by atoms with E-state index in [4.69, 9.17) is 5.73 Å². The molecule has 2 aromatic rings. The SMILES string of the molecule is Cc1ccc2nc(CC(=O)N3[C@H](C#N)C[C@@H]4C[C@@H]43)cc(C(N)=O)c2c1. The maximum absolute atomic E-state index is 12.7. The van der Waals surface area contributed by atoms with Gasteiger partial charge in [0.1, 0.15) is 6.04 Å². The van der Waals surface area contributed by atoms with Crippen molar-refractivity contribution in [2.24, 2.45) is 11.7 Å². The number of aromatic nitrogens is 1. The fourth-order valence-electron chi connectivity index (χ4n) is 3.87. The van der Waals surface area contributed by atoms with Gasteiger partial charge in [-0.1, -0.05) is 11.6 Å². The smallest absolute Gasteiger partial charge is 0.249 e. The normalized spacial score (nSPS) is 24.0. The first-order valence-electron chi connectivity index (χ1n) is 8.39. The number of pyridine rings is 1. The van der Waals surface area contributed by atoms with E-state index in [2.05, 4.69) is 11.1 Å². The quantitative estimate of drug-likeness (QED) is 0.923. The van der Waals surface area contributed by atoms with Gasteiger partial charge in [-0.2, -0.15) is 5.26 Å². The maximum atomic E-state index is 12.7. The van der Waals surface area contributed by atoms with Crippen molar-refractivity contribution in [2.45, 2.75) is 38.3 Å². The highest BCUT2D eigenvalue weighted by atomic mass is 16.2. The summed E-state index contributed by atoms with van der Waals surface area (Å²) >= 11 is 0. The van der Waals surface area contributed by atoms with Crippen LogP contribution < -0.4 is 5.73 Å². The average molecular weight is 334 g/mol. The van der Waals surface area contributed by atoms with E-state index < -0.39 is 5.91 Å². The number of hydrogen-bond donors (Lipinski definition) is 1. The van der Waals surface area contributed by atoms with Gasteiger partial charge < -0.3 is 10.6 Å². The van der Waals surface area contributed by atoms with Crippen LogP contribution in [0.1, 0.15) is 34.5 Å². The predicted molar refractivity (Wildman–Crippen MR) is 91.5 cm³/mol. The lowest BCUT2D eigenvalue weighted by Crippen LogP contribution is -2.38. The molecule has 0 spiro atoms. The molecule has 126 valence electrons. The van der Waals surface area contributed by atoms with Crippen molar-refractivity contribution < 1.29 is 9.59 Å². The van der Waals surface area contributed by atoms with Crippen molar-refractivity contribution >= 4 is 22.7 Å². The van der Waals surface area contributed by atoms with Crippen LogP contribution in [0.4, 0.5) is 0 Å². The van der Waals surface area contributed by atoms with E-state index in [-0.39, 0.29) is 24.4 Å². The summed E-state index contributed by atoms with van der Waals surface area (Å²) in [6, 6.07) is 9.29. The highest BCUT2D eigenvalue weighted by Gasteiger charge is 2.53. The number of hydrogen-bond acceptors (Lipinski definition) is 4. The molecule has 1 saturated carbocycles. The van der Waals surface area contributed by atoms with Crippen LogP contribution in [0.5, 0.6) is 0 Å². The van der Waals surface area contributed by atoms with Crippen LogP contribution >= 0.6 is 0 Å². The van der Waals surface area contributed by atoms with E-state index in [9.17, 15) is 14.9 Å². The summed E-state index contributed by atoms with van der Waals surface area (Å²) in [5.74, 6) is -0.168. The Morgan fingerprint density at radius 2 is 2.16 bits per heavy atom. The summed E-state index contributed by atoms with van der Waals surface area (Å²) in [6.07, 6.45) is 1.83. The van der Waals surface area contributed by atoms with Gasteiger partial charge in [-0.05, 0) is 43.9 Å². The van der Waals surface area contributed by atoms with Crippen LogP contribution in [0.25, 0.3) is 10.9 Å². The third kappa shape index (κ3) is 2.62. The van der Waals surface area contributed by atoms with Gasteiger partial charge >= 0.3 is 0 Å². The van der Waals surface area contributed by atoms with Crippen molar-refractivity contribution in [1.82, 2.24) is 9.88 Å². The Morgan fingerprint density at radius 1 is 1.36 bits per heavy atom. The molecule has 2 fully saturated rings. The minimum absolute atomic E-state index is 0.0749. The summed E-state index contributed by atoms with van der Waals surface area (Å²) in [7, 11) is 0. The van der Waals surface area contributed by atoms with Crippen LogP contribution in [0.15, 0.2) is 24.3 Å². The second-order valence-corrected chi connectivity index (χ2v) is 6.97. The minimum atomic E-state index is -0.537. The molecule has 1 aliphatic carbocycles. The van der Waals surface area contributed by atoms with Crippen molar-refractivity contribution in [2.75, 3.05) is 0 Å². The number of aryl methyl sites for hydroxylation is 1. The number of carbonyl (C=O) groups is 2. The monoisotopic (exact) mass is 334 g/mol. The molecule has 0 bridgehead atoms. The summed E-state index contributed by atoms with van der Waals surface area (Å²) < 4.78 is 0. The van der Waals surface area contributed by atoms with Crippen LogP contribution in [-0.4, -0.2) is 33.8 Å². The molecule has 2 amide bonds. The number of nitrogens with two attached hydrogens (primary N) is 1. The summed E-state index contributed by atoms with van der Waals surface area (Å²) in [6.45, 7) is 1.93.